The Kier molecular flexibility index (Phi) is 48.3. The molecular weight excluding hydrogens is 997 g/mol. The normalized spacial score (nSPS) is 18.9. The van der Waals surface area contributed by atoms with Gasteiger partial charge in [0.1, 0.15) is 18.8 Å². The minimum Gasteiger partial charge on any atom is -0.479 e. The Hall–Kier alpha value is -5.40. The zero-order valence-corrected chi connectivity index (χ0v) is 48.5. The molecule has 6 atom stereocenters. The van der Waals surface area contributed by atoms with Crippen LogP contribution in [-0.2, 0) is 42.9 Å². The summed E-state index contributed by atoms with van der Waals surface area (Å²) in [5.74, 6) is -3.36. The van der Waals surface area contributed by atoms with Crippen LogP contribution in [0.4, 0.5) is 0 Å². The quantitative estimate of drug-likeness (QED) is 0.0228. The molecule has 0 aromatic carbocycles. The Morgan fingerprint density at radius 3 is 1.19 bits per heavy atom. The maximum Gasteiger partial charge on any atom is 0.335 e. The van der Waals surface area contributed by atoms with Crippen LogP contribution in [0, 0.1) is 0 Å². The molecule has 1 aliphatic rings. The lowest BCUT2D eigenvalue weighted by molar-refractivity contribution is -0.301. The van der Waals surface area contributed by atoms with Gasteiger partial charge in [-0.25, -0.2) is 4.79 Å². The summed E-state index contributed by atoms with van der Waals surface area (Å²) in [6.07, 6.45) is 64.1. The molecule has 0 aliphatic carbocycles. The molecule has 6 unspecified atom stereocenters. The molecule has 0 saturated carbocycles. The second kappa shape index (κ2) is 53.3. The molecule has 0 amide bonds. The lowest BCUT2D eigenvalue weighted by atomic mass is 9.98. The topological polar surface area (TPSA) is 175 Å². The fraction of sp³-hybridized carbons (Fsp3) is 0.582. The van der Waals surface area contributed by atoms with Crippen molar-refractivity contribution in [1.29, 1.82) is 0 Å². The number of esters is 3. The number of aliphatic hydroxyl groups excluding tert-OH is 2. The number of rotatable bonds is 48. The van der Waals surface area contributed by atoms with Crippen LogP contribution in [0.25, 0.3) is 0 Å². The Morgan fingerprint density at radius 1 is 0.430 bits per heavy atom. The first-order valence-electron chi connectivity index (χ1n) is 29.8. The fourth-order valence-corrected chi connectivity index (χ4v) is 7.95. The number of unbranched alkanes of at least 4 members (excludes halogenated alkanes) is 10. The van der Waals surface area contributed by atoms with Crippen LogP contribution < -0.4 is 0 Å². The van der Waals surface area contributed by atoms with Gasteiger partial charge < -0.3 is 39.0 Å². The molecule has 0 bridgehead atoms. The van der Waals surface area contributed by atoms with Crippen LogP contribution in [0.1, 0.15) is 201 Å². The fourth-order valence-electron chi connectivity index (χ4n) is 7.95. The monoisotopic (exact) mass is 1100 g/mol. The summed E-state index contributed by atoms with van der Waals surface area (Å²) in [4.78, 5) is 51.1. The Balaban J connectivity index is 2.76. The molecule has 1 rings (SSSR count). The zero-order chi connectivity index (χ0) is 57.5. The maximum atomic E-state index is 13.1. The van der Waals surface area contributed by atoms with Crippen molar-refractivity contribution in [2.24, 2.45) is 0 Å². The highest BCUT2D eigenvalue weighted by Gasteiger charge is 2.50. The first-order chi connectivity index (χ1) is 38.6. The number of hydrogen-bond donors (Lipinski definition) is 3. The van der Waals surface area contributed by atoms with Crippen LogP contribution in [0.3, 0.4) is 0 Å². The number of carbonyl (C=O) groups is 4. The summed E-state index contributed by atoms with van der Waals surface area (Å²) >= 11 is 0. The summed E-state index contributed by atoms with van der Waals surface area (Å²) in [5.41, 5.74) is 0. The minimum atomic E-state index is -1.94. The molecular formula is C67H102O12. The molecule has 79 heavy (non-hydrogen) atoms. The highest BCUT2D eigenvalue weighted by atomic mass is 16.7. The summed E-state index contributed by atoms with van der Waals surface area (Å²) in [7, 11) is 0. The van der Waals surface area contributed by atoms with E-state index in [1.165, 1.54) is 44.9 Å². The van der Waals surface area contributed by atoms with E-state index < -0.39 is 67.3 Å². The maximum absolute atomic E-state index is 13.1. The SMILES string of the molecule is CC/C=C\C/C=C\C/C=C\C/C=C\C/C=C\C/C=C\CCC(=O)OCC(COC1OC(C(=O)O)C(O)C(O)C1OC(=O)CC/C=C\C/C=C\C/C=C\C/C=C\C/C=C\C/C=C\CC)OC(=O)CCCCCCCCCCCCC. The first-order valence-corrected chi connectivity index (χ1v) is 29.8. The summed E-state index contributed by atoms with van der Waals surface area (Å²) < 4.78 is 28.2. The van der Waals surface area contributed by atoms with Gasteiger partial charge in [-0.05, 0) is 96.3 Å². The number of hydrogen-bond acceptors (Lipinski definition) is 11. The van der Waals surface area contributed by atoms with Crippen LogP contribution in [0.15, 0.2) is 146 Å². The van der Waals surface area contributed by atoms with Gasteiger partial charge in [0, 0.05) is 19.3 Å². The van der Waals surface area contributed by atoms with E-state index in [1.807, 2.05) is 30.4 Å². The Morgan fingerprint density at radius 2 is 0.797 bits per heavy atom. The second-order valence-corrected chi connectivity index (χ2v) is 19.5. The molecule has 12 heteroatoms. The molecule has 0 radical (unpaired) electrons. The summed E-state index contributed by atoms with van der Waals surface area (Å²) in [5, 5.41) is 31.5. The Labute approximate surface area is 476 Å². The second-order valence-electron chi connectivity index (χ2n) is 19.5. The molecule has 0 spiro atoms. The molecule has 3 N–H and O–H groups in total. The van der Waals surface area contributed by atoms with E-state index in [0.29, 0.717) is 32.1 Å². The van der Waals surface area contributed by atoms with Gasteiger partial charge in [-0.3, -0.25) is 14.4 Å². The van der Waals surface area contributed by atoms with Gasteiger partial charge in [0.25, 0.3) is 0 Å². The van der Waals surface area contributed by atoms with Crippen molar-refractivity contribution in [2.75, 3.05) is 13.2 Å². The zero-order valence-electron chi connectivity index (χ0n) is 48.5. The van der Waals surface area contributed by atoms with Crippen molar-refractivity contribution >= 4 is 23.9 Å². The van der Waals surface area contributed by atoms with E-state index in [4.69, 9.17) is 23.7 Å². The average Bonchev–Trinajstić information content (AvgIpc) is 3.48. The van der Waals surface area contributed by atoms with Crippen molar-refractivity contribution in [3.63, 3.8) is 0 Å². The third kappa shape index (κ3) is 43.1. The van der Waals surface area contributed by atoms with Gasteiger partial charge in [-0.15, -0.1) is 0 Å². The van der Waals surface area contributed by atoms with Crippen LogP contribution in [-0.4, -0.2) is 89.2 Å². The van der Waals surface area contributed by atoms with Crippen LogP contribution >= 0.6 is 0 Å². The number of aliphatic hydroxyl groups is 2. The summed E-state index contributed by atoms with van der Waals surface area (Å²) in [6.45, 7) is 5.64. The van der Waals surface area contributed by atoms with Gasteiger partial charge in [0.05, 0.1) is 6.61 Å². The van der Waals surface area contributed by atoms with Crippen LogP contribution in [0.5, 0.6) is 0 Å². The van der Waals surface area contributed by atoms with Crippen molar-refractivity contribution in [3.8, 4) is 0 Å². The number of carboxylic acids is 1. The van der Waals surface area contributed by atoms with Crippen molar-refractivity contribution in [1.82, 2.24) is 0 Å². The van der Waals surface area contributed by atoms with Crippen LogP contribution in [0.2, 0.25) is 0 Å². The molecule has 1 aliphatic heterocycles. The lowest BCUT2D eigenvalue weighted by Crippen LogP contribution is -2.61. The van der Waals surface area contributed by atoms with Gasteiger partial charge in [-0.2, -0.15) is 0 Å². The van der Waals surface area contributed by atoms with Crippen molar-refractivity contribution in [2.45, 2.75) is 237 Å². The predicted molar refractivity (Wildman–Crippen MR) is 321 cm³/mol. The van der Waals surface area contributed by atoms with E-state index in [-0.39, 0.29) is 25.9 Å². The number of carbonyl (C=O) groups excluding carboxylic acids is 3. The van der Waals surface area contributed by atoms with Crippen molar-refractivity contribution in [3.05, 3.63) is 146 Å². The van der Waals surface area contributed by atoms with Gasteiger partial charge in [0.15, 0.2) is 24.6 Å². The lowest BCUT2D eigenvalue weighted by Gasteiger charge is -2.40. The van der Waals surface area contributed by atoms with E-state index in [2.05, 4.69) is 136 Å². The molecule has 1 saturated heterocycles. The van der Waals surface area contributed by atoms with E-state index in [1.54, 1.807) is 0 Å². The smallest absolute Gasteiger partial charge is 0.335 e. The van der Waals surface area contributed by atoms with E-state index >= 15 is 0 Å². The summed E-state index contributed by atoms with van der Waals surface area (Å²) in [6, 6.07) is 0. The first kappa shape index (κ1) is 71.6. The number of ether oxygens (including phenoxy) is 5. The predicted octanol–water partition coefficient (Wildman–Crippen LogP) is 15.6. The van der Waals surface area contributed by atoms with E-state index in [9.17, 15) is 34.5 Å². The highest BCUT2D eigenvalue weighted by Crippen LogP contribution is 2.26. The molecule has 442 valence electrons. The molecule has 0 aromatic heterocycles. The minimum absolute atomic E-state index is 0.0785. The van der Waals surface area contributed by atoms with E-state index in [0.717, 1.165) is 83.5 Å². The highest BCUT2D eigenvalue weighted by molar-refractivity contribution is 5.74. The number of carboxylic acid groups (broad SMARTS) is 1. The molecule has 0 aromatic rings. The third-order valence-electron chi connectivity index (χ3n) is 12.4. The van der Waals surface area contributed by atoms with Gasteiger partial charge >= 0.3 is 23.9 Å². The van der Waals surface area contributed by atoms with Gasteiger partial charge in [0.2, 0.25) is 0 Å². The molecule has 12 nitrogen and oxygen atoms in total. The average molecular weight is 1100 g/mol. The Bertz CT molecular complexity index is 1930. The standard InChI is InChI=1S/C67H102O12/c1-4-7-10-13-16-19-22-24-26-28-30-32-34-36-39-41-44-47-50-53-59(68)75-56-58(77-60(69)54-51-48-45-42-38-21-18-15-12-9-6-3)57-76-67-65(63(72)62(71)64(79-67)66(73)74)78-61(70)55-52-49-46-43-40-37-35-33-31-29-27-25-23-20-17-14-11-8-5-2/h7-8,10-11,16-17,19-20,24-27,30-33,36-37,39-40,44,46-47,49,58,62-65,67,71-72H,4-6,9,12-15,18,21-23,28-29,34-35,38,41-43,45,48,50-57H2,1-3H3,(H,73,74)/b10-7-,11-8-,19-16-,20-17-,26-24-,27-25-,32-30-,33-31-,39-36-,40-37-,47-44-,49-46-. The largest absolute Gasteiger partial charge is 0.479 e. The van der Waals surface area contributed by atoms with Gasteiger partial charge in [-0.1, -0.05) is 231 Å². The van der Waals surface area contributed by atoms with Crippen molar-refractivity contribution < 1.29 is 58.2 Å². The molecule has 1 heterocycles. The molecule has 1 fully saturated rings. The number of aliphatic carboxylic acids is 1. The third-order valence-corrected chi connectivity index (χ3v) is 12.4. The number of allylic oxidation sites excluding steroid dienone is 24.